The summed E-state index contributed by atoms with van der Waals surface area (Å²) in [5.41, 5.74) is 2.83. The fourth-order valence-electron chi connectivity index (χ4n) is 2.27. The van der Waals surface area contributed by atoms with Crippen LogP contribution in [0.1, 0.15) is 38.3 Å². The molecule has 0 saturated carbocycles. The van der Waals surface area contributed by atoms with Crippen LogP contribution in [0.2, 0.25) is 0 Å². The molecule has 120 valence electrons. The van der Waals surface area contributed by atoms with Crippen LogP contribution in [0.4, 0.5) is 0 Å². The molecule has 1 aromatic carbocycles. The van der Waals surface area contributed by atoms with E-state index in [-0.39, 0.29) is 0 Å². The van der Waals surface area contributed by atoms with E-state index in [1.165, 1.54) is 23.3 Å². The molecule has 1 aromatic rings. The van der Waals surface area contributed by atoms with Crippen molar-refractivity contribution in [2.45, 2.75) is 52.2 Å². The number of nitrogens with one attached hydrogen (secondary N) is 1. The molecule has 0 saturated heterocycles. The molecule has 0 aliphatic heterocycles. The summed E-state index contributed by atoms with van der Waals surface area (Å²) in [7, 11) is 2.23. The second kappa shape index (κ2) is 10.3. The minimum atomic E-state index is 0.570. The van der Waals surface area contributed by atoms with Crippen LogP contribution in [0.15, 0.2) is 24.3 Å². The number of hydrogen-bond acceptors (Lipinski definition) is 3. The Kier molecular flexibility index (Phi) is 9.05. The Morgan fingerprint density at radius 2 is 1.71 bits per heavy atom. The zero-order chi connectivity index (χ0) is 15.7. The van der Waals surface area contributed by atoms with Crippen LogP contribution < -0.4 is 5.32 Å². The van der Waals surface area contributed by atoms with Crippen LogP contribution in [0, 0.1) is 0 Å². The average Bonchev–Trinajstić information content (AvgIpc) is 2.46. The Morgan fingerprint density at radius 3 is 2.29 bits per heavy atom. The molecule has 3 heteroatoms. The van der Waals surface area contributed by atoms with Crippen molar-refractivity contribution < 1.29 is 0 Å². The lowest BCUT2D eigenvalue weighted by molar-refractivity contribution is 0.245. The minimum absolute atomic E-state index is 0.570. The maximum atomic E-state index is 3.47. The summed E-state index contributed by atoms with van der Waals surface area (Å²) >= 11 is 1.93. The average molecular weight is 309 g/mol. The molecular weight excluding hydrogens is 276 g/mol. The highest BCUT2D eigenvalue weighted by molar-refractivity contribution is 7.98. The molecule has 1 atom stereocenters. The van der Waals surface area contributed by atoms with Crippen molar-refractivity contribution in [3.63, 3.8) is 0 Å². The van der Waals surface area contributed by atoms with Gasteiger partial charge in [-0.2, -0.15) is 11.8 Å². The van der Waals surface area contributed by atoms with Gasteiger partial charge in [0, 0.05) is 18.6 Å². The standard InChI is InChI=1S/C18H32N2S/c1-15(2)19-12-10-17-6-8-18(9-7-17)14-20(4)16(3)11-13-21-5/h6-9,15-16,19H,10-14H2,1-5H3. The molecule has 21 heavy (non-hydrogen) atoms. The van der Waals surface area contributed by atoms with E-state index in [0.29, 0.717) is 12.1 Å². The lowest BCUT2D eigenvalue weighted by Gasteiger charge is -2.24. The van der Waals surface area contributed by atoms with Gasteiger partial charge < -0.3 is 5.32 Å². The lowest BCUT2D eigenvalue weighted by Crippen LogP contribution is -2.29. The fourth-order valence-corrected chi connectivity index (χ4v) is 2.85. The van der Waals surface area contributed by atoms with Gasteiger partial charge in [-0.3, -0.25) is 4.90 Å². The molecule has 0 amide bonds. The number of rotatable bonds is 10. The highest BCUT2D eigenvalue weighted by Gasteiger charge is 2.09. The third-order valence-electron chi connectivity index (χ3n) is 3.91. The fraction of sp³-hybridized carbons (Fsp3) is 0.667. The van der Waals surface area contributed by atoms with Crippen molar-refractivity contribution in [1.29, 1.82) is 0 Å². The van der Waals surface area contributed by atoms with Gasteiger partial charge in [-0.05, 0) is 56.5 Å². The normalized spacial score (nSPS) is 13.1. The molecule has 0 aliphatic carbocycles. The van der Waals surface area contributed by atoms with Crippen LogP contribution in [0.3, 0.4) is 0 Å². The van der Waals surface area contributed by atoms with Crippen LogP contribution >= 0.6 is 11.8 Å². The summed E-state index contributed by atoms with van der Waals surface area (Å²) in [5, 5.41) is 3.47. The largest absolute Gasteiger partial charge is 0.314 e. The number of thioether (sulfide) groups is 1. The summed E-state index contributed by atoms with van der Waals surface area (Å²) in [6, 6.07) is 10.3. The van der Waals surface area contributed by atoms with E-state index in [0.717, 1.165) is 19.5 Å². The van der Waals surface area contributed by atoms with Crippen LogP contribution in [0.25, 0.3) is 0 Å². The van der Waals surface area contributed by atoms with Gasteiger partial charge in [-0.15, -0.1) is 0 Å². The molecule has 0 fully saturated rings. The van der Waals surface area contributed by atoms with Crippen LogP contribution in [-0.4, -0.2) is 42.6 Å². The summed E-state index contributed by atoms with van der Waals surface area (Å²) in [6.07, 6.45) is 4.55. The summed E-state index contributed by atoms with van der Waals surface area (Å²) in [6.45, 7) is 8.80. The Labute approximate surface area is 135 Å². The SMILES string of the molecule is CSCCC(C)N(C)Cc1ccc(CCNC(C)C)cc1. The topological polar surface area (TPSA) is 15.3 Å². The quantitative estimate of drug-likeness (QED) is 0.708. The van der Waals surface area contributed by atoms with Crippen molar-refractivity contribution in [2.75, 3.05) is 25.6 Å². The van der Waals surface area contributed by atoms with E-state index in [2.05, 4.69) is 68.6 Å². The third-order valence-corrected chi connectivity index (χ3v) is 4.56. The maximum Gasteiger partial charge on any atom is 0.0233 e. The first-order valence-corrected chi connectivity index (χ1v) is 9.42. The summed E-state index contributed by atoms with van der Waals surface area (Å²) in [5.74, 6) is 1.24. The highest BCUT2D eigenvalue weighted by Crippen LogP contribution is 2.12. The van der Waals surface area contributed by atoms with E-state index in [1.54, 1.807) is 0 Å². The Hall–Kier alpha value is -0.510. The summed E-state index contributed by atoms with van der Waals surface area (Å²) < 4.78 is 0. The van der Waals surface area contributed by atoms with Gasteiger partial charge in [0.2, 0.25) is 0 Å². The molecule has 0 heterocycles. The molecule has 0 spiro atoms. The van der Waals surface area contributed by atoms with E-state index in [9.17, 15) is 0 Å². The van der Waals surface area contributed by atoms with Crippen molar-refractivity contribution in [3.05, 3.63) is 35.4 Å². The third kappa shape index (κ3) is 7.89. The van der Waals surface area contributed by atoms with E-state index in [1.807, 2.05) is 11.8 Å². The Morgan fingerprint density at radius 1 is 1.10 bits per heavy atom. The zero-order valence-electron chi connectivity index (χ0n) is 14.4. The van der Waals surface area contributed by atoms with Crippen LogP contribution in [0.5, 0.6) is 0 Å². The molecule has 2 nitrogen and oxygen atoms in total. The van der Waals surface area contributed by atoms with E-state index < -0.39 is 0 Å². The lowest BCUT2D eigenvalue weighted by atomic mass is 10.1. The first-order valence-electron chi connectivity index (χ1n) is 8.03. The predicted octanol–water partition coefficient (Wildman–Crippen LogP) is 3.80. The van der Waals surface area contributed by atoms with Gasteiger partial charge in [0.15, 0.2) is 0 Å². The minimum Gasteiger partial charge on any atom is -0.314 e. The molecule has 0 aromatic heterocycles. The van der Waals surface area contributed by atoms with Crippen molar-refractivity contribution in [1.82, 2.24) is 10.2 Å². The molecule has 0 radical (unpaired) electrons. The van der Waals surface area contributed by atoms with Gasteiger partial charge in [0.1, 0.15) is 0 Å². The molecule has 0 aliphatic rings. The number of nitrogens with zero attached hydrogens (tertiary/aromatic N) is 1. The summed E-state index contributed by atoms with van der Waals surface area (Å²) in [4.78, 5) is 2.45. The number of hydrogen-bond donors (Lipinski definition) is 1. The van der Waals surface area contributed by atoms with Crippen molar-refractivity contribution in [2.24, 2.45) is 0 Å². The van der Waals surface area contributed by atoms with Crippen LogP contribution in [-0.2, 0) is 13.0 Å². The van der Waals surface area contributed by atoms with Crippen molar-refractivity contribution >= 4 is 11.8 Å². The predicted molar refractivity (Wildman–Crippen MR) is 97.2 cm³/mol. The van der Waals surface area contributed by atoms with Gasteiger partial charge in [-0.25, -0.2) is 0 Å². The Balaban J connectivity index is 2.39. The van der Waals surface area contributed by atoms with Gasteiger partial charge >= 0.3 is 0 Å². The first kappa shape index (κ1) is 18.5. The van der Waals surface area contributed by atoms with E-state index in [4.69, 9.17) is 0 Å². The highest BCUT2D eigenvalue weighted by atomic mass is 32.2. The second-order valence-corrected chi connectivity index (χ2v) is 7.21. The van der Waals surface area contributed by atoms with Crippen molar-refractivity contribution in [3.8, 4) is 0 Å². The molecule has 0 bridgehead atoms. The van der Waals surface area contributed by atoms with Gasteiger partial charge in [0.05, 0.1) is 0 Å². The monoisotopic (exact) mass is 308 g/mol. The van der Waals surface area contributed by atoms with Gasteiger partial charge in [0.25, 0.3) is 0 Å². The first-order chi connectivity index (χ1) is 10.0. The molecule has 1 N–H and O–H groups in total. The zero-order valence-corrected chi connectivity index (χ0v) is 15.2. The Bertz CT molecular complexity index is 375. The molecular formula is C18H32N2S. The molecule has 1 unspecified atom stereocenters. The number of benzene rings is 1. The maximum absolute atomic E-state index is 3.47. The molecule has 1 rings (SSSR count). The second-order valence-electron chi connectivity index (χ2n) is 6.22. The van der Waals surface area contributed by atoms with E-state index >= 15 is 0 Å². The smallest absolute Gasteiger partial charge is 0.0233 e. The van der Waals surface area contributed by atoms with Gasteiger partial charge in [-0.1, -0.05) is 38.1 Å².